The molecule has 5 heteroatoms. The smallest absolute Gasteiger partial charge is 0.259 e. The Bertz CT molecular complexity index is 539. The van der Waals surface area contributed by atoms with Gasteiger partial charge >= 0.3 is 0 Å². The van der Waals surface area contributed by atoms with Gasteiger partial charge in [0.2, 0.25) is 0 Å². The van der Waals surface area contributed by atoms with Crippen LogP contribution >= 0.6 is 0 Å². The zero-order chi connectivity index (χ0) is 11.5. The van der Waals surface area contributed by atoms with Gasteiger partial charge in [0.15, 0.2) is 6.19 Å². The highest BCUT2D eigenvalue weighted by atomic mass is 16.1. The highest BCUT2D eigenvalue weighted by Gasteiger charge is 2.20. The summed E-state index contributed by atoms with van der Waals surface area (Å²) < 4.78 is 0. The number of nitrogens with zero attached hydrogens (tertiary/aromatic N) is 1. The van der Waals surface area contributed by atoms with Crippen LogP contribution in [-0.4, -0.2) is 11.7 Å². The lowest BCUT2D eigenvalue weighted by Gasteiger charge is -1.98. The molecule has 0 fully saturated rings. The van der Waals surface area contributed by atoms with Gasteiger partial charge in [-0.3, -0.25) is 15.5 Å². The molecule has 1 heterocycles. The molecule has 5 nitrogen and oxygen atoms in total. The number of fused-ring (bicyclic) bond motifs is 1. The van der Waals surface area contributed by atoms with Crippen LogP contribution in [0.1, 0.15) is 11.1 Å². The number of carbonyl (C=O) groups excluding carboxylic acids is 1. The van der Waals surface area contributed by atoms with Gasteiger partial charge in [-0.1, -0.05) is 24.3 Å². The van der Waals surface area contributed by atoms with Crippen LogP contribution in [0.15, 0.2) is 30.3 Å². The van der Waals surface area contributed by atoms with Gasteiger partial charge in [-0.15, -0.1) is 0 Å². The number of hydrogen-bond donors (Lipinski definition) is 3. The maximum atomic E-state index is 11.2. The zero-order valence-electron chi connectivity index (χ0n) is 8.24. The van der Waals surface area contributed by atoms with E-state index in [1.807, 2.05) is 23.5 Å². The fourth-order valence-electron chi connectivity index (χ4n) is 1.54. The molecule has 1 amide bonds. The summed E-state index contributed by atoms with van der Waals surface area (Å²) in [6.45, 7) is 0. The number of rotatable bonds is 1. The van der Waals surface area contributed by atoms with Gasteiger partial charge in [-0.25, -0.2) is 0 Å². The van der Waals surface area contributed by atoms with E-state index in [4.69, 9.17) is 10.7 Å². The molecule has 1 aliphatic rings. The van der Waals surface area contributed by atoms with E-state index in [9.17, 15) is 4.79 Å². The first-order valence-electron chi connectivity index (χ1n) is 4.58. The lowest BCUT2D eigenvalue weighted by atomic mass is 10.1. The summed E-state index contributed by atoms with van der Waals surface area (Å²) >= 11 is 0. The molecule has 0 atom stereocenters. The molecule has 16 heavy (non-hydrogen) atoms. The minimum atomic E-state index is -0.505. The second-order valence-corrected chi connectivity index (χ2v) is 3.20. The van der Waals surface area contributed by atoms with Crippen molar-refractivity contribution >= 4 is 17.4 Å². The quantitative estimate of drug-likeness (QED) is 0.361. The number of nitrogens with one attached hydrogen (secondary N) is 3. The third-order valence-electron chi connectivity index (χ3n) is 2.20. The SMILES string of the molecule is N#CNC(=O)C=C1NC(=N)c2ccccc21. The summed E-state index contributed by atoms with van der Waals surface area (Å²) in [4.78, 5) is 11.2. The standard InChI is InChI=1S/C11H8N4O/c12-6-14-10(16)5-9-7-3-1-2-4-8(7)11(13)15-9/h1-5H,(H2,13,15)(H,14,16). The van der Waals surface area contributed by atoms with Crippen LogP contribution in [0.4, 0.5) is 0 Å². The van der Waals surface area contributed by atoms with E-state index in [2.05, 4.69) is 5.32 Å². The van der Waals surface area contributed by atoms with Gasteiger partial charge in [0.25, 0.3) is 5.91 Å². The van der Waals surface area contributed by atoms with Gasteiger partial charge < -0.3 is 5.32 Å². The number of hydrogen-bond acceptors (Lipinski definition) is 3. The molecule has 2 rings (SSSR count). The molecule has 0 saturated heterocycles. The number of carbonyl (C=O) groups is 1. The van der Waals surface area contributed by atoms with E-state index in [1.165, 1.54) is 6.08 Å². The van der Waals surface area contributed by atoms with E-state index in [0.717, 1.165) is 11.1 Å². The monoisotopic (exact) mass is 212 g/mol. The van der Waals surface area contributed by atoms with Crippen molar-refractivity contribution in [2.45, 2.75) is 0 Å². The molecule has 0 spiro atoms. The third-order valence-corrected chi connectivity index (χ3v) is 2.20. The Labute approximate surface area is 91.9 Å². The predicted octanol–water partition coefficient (Wildman–Crippen LogP) is 0.553. The average Bonchev–Trinajstić information content (AvgIpc) is 2.57. The van der Waals surface area contributed by atoms with Crippen molar-refractivity contribution in [3.8, 4) is 6.19 Å². The fourth-order valence-corrected chi connectivity index (χ4v) is 1.54. The summed E-state index contributed by atoms with van der Waals surface area (Å²) in [5, 5.41) is 20.7. The molecule has 0 aliphatic carbocycles. The zero-order valence-corrected chi connectivity index (χ0v) is 8.24. The second kappa shape index (κ2) is 3.87. The molecule has 0 saturated carbocycles. The van der Waals surface area contributed by atoms with Crippen LogP contribution < -0.4 is 10.6 Å². The Balaban J connectivity index is 2.38. The molecule has 1 aromatic rings. The maximum Gasteiger partial charge on any atom is 0.259 e. The van der Waals surface area contributed by atoms with Crippen LogP contribution in [0.5, 0.6) is 0 Å². The first kappa shape index (κ1) is 9.93. The van der Waals surface area contributed by atoms with E-state index in [1.54, 1.807) is 12.3 Å². The molecule has 0 bridgehead atoms. The molecular weight excluding hydrogens is 204 g/mol. The van der Waals surface area contributed by atoms with Gasteiger partial charge in [0.1, 0.15) is 5.84 Å². The highest BCUT2D eigenvalue weighted by Crippen LogP contribution is 2.23. The number of benzene rings is 1. The van der Waals surface area contributed by atoms with Crippen molar-refractivity contribution in [2.75, 3.05) is 0 Å². The first-order valence-corrected chi connectivity index (χ1v) is 4.58. The lowest BCUT2D eigenvalue weighted by Crippen LogP contribution is -2.18. The van der Waals surface area contributed by atoms with Crippen molar-refractivity contribution in [1.82, 2.24) is 10.6 Å². The Morgan fingerprint density at radius 3 is 2.81 bits per heavy atom. The fraction of sp³-hybridized carbons (Fsp3) is 0. The summed E-state index contributed by atoms with van der Waals surface area (Å²) in [6, 6.07) is 7.27. The van der Waals surface area contributed by atoms with E-state index in [-0.39, 0.29) is 5.84 Å². The van der Waals surface area contributed by atoms with Gasteiger partial charge in [-0.05, 0) is 0 Å². The predicted molar refractivity (Wildman–Crippen MR) is 58.1 cm³/mol. The molecular formula is C11H8N4O. The van der Waals surface area contributed by atoms with Crippen LogP contribution in [0.3, 0.4) is 0 Å². The number of amidine groups is 1. The Morgan fingerprint density at radius 2 is 2.12 bits per heavy atom. The normalized spacial score (nSPS) is 15.2. The molecule has 78 valence electrons. The largest absolute Gasteiger partial charge is 0.340 e. The summed E-state index contributed by atoms with van der Waals surface area (Å²) in [7, 11) is 0. The van der Waals surface area contributed by atoms with E-state index >= 15 is 0 Å². The minimum Gasteiger partial charge on any atom is -0.340 e. The molecule has 3 N–H and O–H groups in total. The molecule has 0 aromatic heterocycles. The molecule has 1 aromatic carbocycles. The number of amides is 1. The van der Waals surface area contributed by atoms with Gasteiger partial charge in [0, 0.05) is 17.2 Å². The second-order valence-electron chi connectivity index (χ2n) is 3.20. The maximum absolute atomic E-state index is 11.2. The van der Waals surface area contributed by atoms with Crippen LogP contribution in [0.2, 0.25) is 0 Å². The minimum absolute atomic E-state index is 0.256. The molecule has 0 unspecified atom stereocenters. The van der Waals surface area contributed by atoms with Crippen molar-refractivity contribution in [3.05, 3.63) is 41.5 Å². The Hall–Kier alpha value is -2.61. The van der Waals surface area contributed by atoms with Crippen molar-refractivity contribution < 1.29 is 4.79 Å². The Morgan fingerprint density at radius 1 is 1.44 bits per heavy atom. The first-order chi connectivity index (χ1) is 7.72. The highest BCUT2D eigenvalue weighted by molar-refractivity contribution is 6.13. The topological polar surface area (TPSA) is 88.8 Å². The van der Waals surface area contributed by atoms with Gasteiger partial charge in [-0.2, -0.15) is 5.26 Å². The summed E-state index contributed by atoms with van der Waals surface area (Å²) in [5.74, 6) is -0.249. The summed E-state index contributed by atoms with van der Waals surface area (Å²) in [5.41, 5.74) is 2.08. The van der Waals surface area contributed by atoms with Crippen molar-refractivity contribution in [3.63, 3.8) is 0 Å². The molecule has 1 aliphatic heterocycles. The van der Waals surface area contributed by atoms with Crippen molar-refractivity contribution in [1.29, 1.82) is 10.7 Å². The van der Waals surface area contributed by atoms with E-state index in [0.29, 0.717) is 5.70 Å². The lowest BCUT2D eigenvalue weighted by molar-refractivity contribution is -0.115. The van der Waals surface area contributed by atoms with Crippen LogP contribution in [0, 0.1) is 16.9 Å². The van der Waals surface area contributed by atoms with E-state index < -0.39 is 5.91 Å². The summed E-state index contributed by atoms with van der Waals surface area (Å²) in [6.07, 6.45) is 2.82. The average molecular weight is 212 g/mol. The number of nitriles is 1. The van der Waals surface area contributed by atoms with Crippen molar-refractivity contribution in [2.24, 2.45) is 0 Å². The third kappa shape index (κ3) is 1.64. The molecule has 0 radical (unpaired) electrons. The Kier molecular flexibility index (Phi) is 2.40. The van der Waals surface area contributed by atoms with Crippen LogP contribution in [-0.2, 0) is 4.79 Å². The van der Waals surface area contributed by atoms with Crippen LogP contribution in [0.25, 0.3) is 5.70 Å². The van der Waals surface area contributed by atoms with Gasteiger partial charge in [0.05, 0.1) is 5.70 Å².